The number of Topliss-reactive ketones (excluding diaryl/α,β-unsaturated/α-hetero) is 1. The zero-order valence-corrected chi connectivity index (χ0v) is 24.7. The molecular formula is C31H34ClNO6S. The summed E-state index contributed by atoms with van der Waals surface area (Å²) in [5.74, 6) is -0.580. The highest BCUT2D eigenvalue weighted by molar-refractivity contribution is 7.99. The standard InChI is InChI=1S/C31H34ClNO6S/c1-28(2)38-25-13-20-19-7-5-16-11-18(34)9-10-29(16,3)26(19)22(35)14-30(20,4)31(25,39-28)24(36)15-40-27-33-21-12-17(32)6-8-23(21)37-27/h6,8-12,19-20,22,25-26,35H,5,7,13-15H2,1-4H3/t19?,20?,22?,25-,26?,29?,30?,31-/m1/s1. The van der Waals surface area contributed by atoms with E-state index in [0.29, 0.717) is 34.2 Å². The van der Waals surface area contributed by atoms with Crippen LogP contribution in [0, 0.1) is 28.6 Å². The monoisotopic (exact) mass is 583 g/mol. The number of fused-ring (bicyclic) bond motifs is 8. The zero-order chi connectivity index (χ0) is 28.2. The highest BCUT2D eigenvalue weighted by Crippen LogP contribution is 2.70. The van der Waals surface area contributed by atoms with Crippen LogP contribution in [-0.2, 0) is 19.1 Å². The van der Waals surface area contributed by atoms with Gasteiger partial charge in [0.2, 0.25) is 0 Å². The predicted molar refractivity (Wildman–Crippen MR) is 151 cm³/mol. The van der Waals surface area contributed by atoms with Crippen molar-refractivity contribution in [1.29, 1.82) is 0 Å². The third-order valence-corrected chi connectivity index (χ3v) is 11.6. The molecule has 8 atom stereocenters. The summed E-state index contributed by atoms with van der Waals surface area (Å²) in [5.41, 5.74) is 0.183. The van der Waals surface area contributed by atoms with Crippen molar-refractivity contribution in [1.82, 2.24) is 4.98 Å². The van der Waals surface area contributed by atoms with Crippen LogP contribution in [0.3, 0.4) is 0 Å². The van der Waals surface area contributed by atoms with E-state index >= 15 is 0 Å². The van der Waals surface area contributed by atoms with Gasteiger partial charge >= 0.3 is 0 Å². The lowest BCUT2D eigenvalue weighted by molar-refractivity contribution is -0.223. The van der Waals surface area contributed by atoms with Crippen molar-refractivity contribution in [2.75, 3.05) is 5.75 Å². The van der Waals surface area contributed by atoms with Crippen LogP contribution in [0.1, 0.15) is 53.4 Å². The molecule has 0 radical (unpaired) electrons. The molecule has 7 rings (SSSR count). The number of ketones is 2. The van der Waals surface area contributed by atoms with Crippen LogP contribution < -0.4 is 0 Å². The summed E-state index contributed by atoms with van der Waals surface area (Å²) in [5, 5.41) is 12.8. The van der Waals surface area contributed by atoms with E-state index in [1.807, 2.05) is 19.9 Å². The number of aromatic nitrogens is 1. The summed E-state index contributed by atoms with van der Waals surface area (Å²) in [4.78, 5) is 31.0. The van der Waals surface area contributed by atoms with Crippen molar-refractivity contribution in [3.8, 4) is 0 Å². The van der Waals surface area contributed by atoms with E-state index in [0.717, 1.165) is 18.4 Å². The third-order valence-electron chi connectivity index (χ3n) is 10.6. The van der Waals surface area contributed by atoms with Gasteiger partial charge in [-0.2, -0.15) is 0 Å². The number of hydrogen-bond acceptors (Lipinski definition) is 8. The van der Waals surface area contributed by atoms with E-state index in [4.69, 9.17) is 25.5 Å². The van der Waals surface area contributed by atoms with Gasteiger partial charge in [-0.05, 0) is 81.7 Å². The van der Waals surface area contributed by atoms with E-state index in [2.05, 4.69) is 18.8 Å². The number of aliphatic hydroxyl groups excluding tert-OH is 1. The number of allylic oxidation sites excluding steroid dienone is 4. The maximum atomic E-state index is 14.4. The minimum atomic E-state index is -1.19. The molecule has 3 saturated carbocycles. The molecule has 1 N–H and O–H groups in total. The van der Waals surface area contributed by atoms with E-state index in [-0.39, 0.29) is 40.5 Å². The molecule has 0 amide bonds. The fourth-order valence-corrected chi connectivity index (χ4v) is 10.0. The Balaban J connectivity index is 1.22. The molecular weight excluding hydrogens is 550 g/mol. The minimum absolute atomic E-state index is 0.0181. The van der Waals surface area contributed by atoms with Crippen molar-refractivity contribution in [3.63, 3.8) is 0 Å². The Bertz CT molecular complexity index is 1500. The molecule has 9 heteroatoms. The van der Waals surface area contributed by atoms with E-state index in [1.54, 1.807) is 30.4 Å². The highest BCUT2D eigenvalue weighted by atomic mass is 35.5. The quantitative estimate of drug-likeness (QED) is 0.443. The Morgan fingerprint density at radius 1 is 1.25 bits per heavy atom. The molecule has 0 bridgehead atoms. The first-order valence-electron chi connectivity index (χ1n) is 14.1. The van der Waals surface area contributed by atoms with Crippen LogP contribution in [0.15, 0.2) is 51.6 Å². The number of halogens is 1. The summed E-state index contributed by atoms with van der Waals surface area (Å²) in [6, 6.07) is 5.26. The van der Waals surface area contributed by atoms with E-state index in [9.17, 15) is 14.7 Å². The SMILES string of the molecule is CC1(C)O[C@@H]2CC3C4CCC5=CC(=O)C=CC5(C)C4C(O)CC3(C)[C@]2(C(=O)CSc2nc3cc(Cl)ccc3o2)O1. The average Bonchev–Trinajstić information content (AvgIpc) is 3.48. The van der Waals surface area contributed by atoms with E-state index < -0.39 is 29.0 Å². The first kappa shape index (κ1) is 26.9. The van der Waals surface area contributed by atoms with Crippen LogP contribution >= 0.6 is 23.4 Å². The van der Waals surface area contributed by atoms with Crippen molar-refractivity contribution < 1.29 is 28.6 Å². The Hall–Kier alpha value is -1.97. The molecule has 4 aliphatic carbocycles. The average molecular weight is 584 g/mol. The number of ether oxygens (including phenoxy) is 2. The third kappa shape index (κ3) is 3.65. The van der Waals surface area contributed by atoms with Crippen LogP contribution in [0.25, 0.3) is 11.1 Å². The van der Waals surface area contributed by atoms with Gasteiger partial charge in [-0.25, -0.2) is 4.98 Å². The summed E-state index contributed by atoms with van der Waals surface area (Å²) in [6.45, 7) is 8.00. The summed E-state index contributed by atoms with van der Waals surface area (Å²) in [6.07, 6.45) is 7.15. The molecule has 4 fully saturated rings. The van der Waals surface area contributed by atoms with Gasteiger partial charge in [0, 0.05) is 21.8 Å². The number of carbonyl (C=O) groups excluding carboxylic acids is 2. The lowest BCUT2D eigenvalue weighted by atomic mass is 9.46. The van der Waals surface area contributed by atoms with Gasteiger partial charge < -0.3 is 19.0 Å². The van der Waals surface area contributed by atoms with Gasteiger partial charge in [0.15, 0.2) is 28.5 Å². The summed E-state index contributed by atoms with van der Waals surface area (Å²) in [7, 11) is 0. The first-order valence-corrected chi connectivity index (χ1v) is 15.5. The molecule has 7 nitrogen and oxygen atoms in total. The number of nitrogens with zero attached hydrogens (tertiary/aromatic N) is 1. The fraction of sp³-hybridized carbons (Fsp3) is 0.581. The Morgan fingerprint density at radius 2 is 2.05 bits per heavy atom. The molecule has 2 aromatic rings. The number of oxazole rings is 1. The summed E-state index contributed by atoms with van der Waals surface area (Å²) >= 11 is 7.36. The smallest absolute Gasteiger partial charge is 0.257 e. The number of carbonyl (C=O) groups is 2. The Labute approximate surface area is 242 Å². The second kappa shape index (κ2) is 8.77. The zero-order valence-electron chi connectivity index (χ0n) is 23.1. The van der Waals surface area contributed by atoms with Gasteiger partial charge in [-0.1, -0.05) is 48.9 Å². The number of rotatable bonds is 4. The molecule has 1 aliphatic heterocycles. The molecule has 1 aromatic carbocycles. The number of aliphatic hydroxyl groups is 1. The van der Waals surface area contributed by atoms with Crippen molar-refractivity contribution in [2.24, 2.45) is 28.6 Å². The van der Waals surface area contributed by atoms with Crippen LogP contribution in [0.4, 0.5) is 0 Å². The summed E-state index contributed by atoms with van der Waals surface area (Å²) < 4.78 is 19.0. The molecule has 0 spiro atoms. The van der Waals surface area contributed by atoms with Crippen molar-refractivity contribution >= 4 is 46.0 Å². The molecule has 1 aromatic heterocycles. The lowest BCUT2D eigenvalue weighted by Gasteiger charge is -2.60. The van der Waals surface area contributed by atoms with Crippen LogP contribution in [-0.4, -0.2) is 51.0 Å². The first-order chi connectivity index (χ1) is 18.9. The molecule has 1 saturated heterocycles. The van der Waals surface area contributed by atoms with E-state index in [1.165, 1.54) is 11.8 Å². The normalized spacial score (nSPS) is 41.3. The number of hydrogen-bond donors (Lipinski definition) is 1. The molecule has 6 unspecified atom stereocenters. The lowest BCUT2D eigenvalue weighted by Crippen LogP contribution is -2.63. The van der Waals surface area contributed by atoms with Crippen LogP contribution in [0.5, 0.6) is 0 Å². The maximum Gasteiger partial charge on any atom is 0.257 e. The Kier molecular flexibility index (Phi) is 5.90. The second-order valence-corrected chi connectivity index (χ2v) is 14.5. The molecule has 40 heavy (non-hydrogen) atoms. The Morgan fingerprint density at radius 3 is 2.85 bits per heavy atom. The maximum absolute atomic E-state index is 14.4. The number of thioether (sulfide) groups is 1. The van der Waals surface area contributed by atoms with Gasteiger partial charge in [0.1, 0.15) is 5.52 Å². The van der Waals surface area contributed by atoms with Crippen molar-refractivity contribution in [2.45, 2.75) is 82.2 Å². The van der Waals surface area contributed by atoms with Crippen LogP contribution in [0.2, 0.25) is 5.02 Å². The van der Waals surface area contributed by atoms with Gasteiger partial charge in [-0.3, -0.25) is 9.59 Å². The number of benzene rings is 1. The predicted octanol–water partition coefficient (Wildman–Crippen LogP) is 5.92. The molecule has 212 valence electrons. The fourth-order valence-electron chi connectivity index (χ4n) is 9.10. The van der Waals surface area contributed by atoms with Gasteiger partial charge in [0.25, 0.3) is 5.22 Å². The van der Waals surface area contributed by atoms with Crippen molar-refractivity contribution in [3.05, 3.63) is 47.0 Å². The van der Waals surface area contributed by atoms with Gasteiger partial charge in [0.05, 0.1) is 18.0 Å². The molecule has 5 aliphatic rings. The van der Waals surface area contributed by atoms with Gasteiger partial charge in [-0.15, -0.1) is 0 Å². The topological polar surface area (TPSA) is 98.9 Å². The minimum Gasteiger partial charge on any atom is -0.431 e. The highest BCUT2D eigenvalue weighted by Gasteiger charge is 2.76. The molecule has 2 heterocycles. The largest absolute Gasteiger partial charge is 0.431 e. The second-order valence-electron chi connectivity index (χ2n) is 13.1.